The van der Waals surface area contributed by atoms with Crippen molar-refractivity contribution in [2.24, 2.45) is 5.92 Å². The lowest BCUT2D eigenvalue weighted by Crippen LogP contribution is -2.19. The molecule has 3 nitrogen and oxygen atoms in total. The summed E-state index contributed by atoms with van der Waals surface area (Å²) in [7, 11) is 0. The van der Waals surface area contributed by atoms with Crippen LogP contribution in [-0.4, -0.2) is 16.5 Å². The monoisotopic (exact) mass is 337 g/mol. The standard InChI is InChI=1S/C15H17BrFN3/c1-10(2)6-18-7-11-8-19-15(20-9-11)12-3-13(16)5-14(17)4-12/h3-5,8-10,18H,6-7H2,1-2H3. The molecule has 1 aromatic heterocycles. The maximum Gasteiger partial charge on any atom is 0.159 e. The highest BCUT2D eigenvalue weighted by atomic mass is 79.9. The molecule has 0 aliphatic rings. The third kappa shape index (κ3) is 4.35. The topological polar surface area (TPSA) is 37.8 Å². The third-order valence-electron chi connectivity index (χ3n) is 2.71. The molecule has 0 aliphatic carbocycles. The largest absolute Gasteiger partial charge is 0.312 e. The van der Waals surface area contributed by atoms with Gasteiger partial charge in [0.1, 0.15) is 5.82 Å². The highest BCUT2D eigenvalue weighted by Gasteiger charge is 2.05. The van der Waals surface area contributed by atoms with Crippen LogP contribution in [0.3, 0.4) is 0 Å². The second-order valence-corrected chi connectivity index (χ2v) is 6.01. The molecule has 0 saturated carbocycles. The molecule has 0 amide bonds. The molecule has 2 aromatic rings. The zero-order valence-corrected chi connectivity index (χ0v) is 13.1. The summed E-state index contributed by atoms with van der Waals surface area (Å²) in [6.07, 6.45) is 3.54. The molecular formula is C15H17BrFN3. The summed E-state index contributed by atoms with van der Waals surface area (Å²) >= 11 is 3.27. The lowest BCUT2D eigenvalue weighted by molar-refractivity contribution is 0.551. The van der Waals surface area contributed by atoms with E-state index in [2.05, 4.69) is 45.1 Å². The third-order valence-corrected chi connectivity index (χ3v) is 3.17. The van der Waals surface area contributed by atoms with Crippen LogP contribution in [0.1, 0.15) is 19.4 Å². The van der Waals surface area contributed by atoms with Crippen LogP contribution in [0, 0.1) is 11.7 Å². The van der Waals surface area contributed by atoms with Gasteiger partial charge in [-0.2, -0.15) is 0 Å². The van der Waals surface area contributed by atoms with Crippen molar-refractivity contribution in [1.29, 1.82) is 0 Å². The Bertz CT molecular complexity index is 550. The molecule has 2 rings (SSSR count). The van der Waals surface area contributed by atoms with E-state index in [1.54, 1.807) is 18.5 Å². The molecular weight excluding hydrogens is 321 g/mol. The van der Waals surface area contributed by atoms with Crippen molar-refractivity contribution in [3.05, 3.63) is 46.4 Å². The van der Waals surface area contributed by atoms with E-state index in [0.29, 0.717) is 21.8 Å². The van der Waals surface area contributed by atoms with Gasteiger partial charge >= 0.3 is 0 Å². The minimum Gasteiger partial charge on any atom is -0.312 e. The first-order valence-electron chi connectivity index (χ1n) is 6.52. The number of nitrogens with one attached hydrogen (secondary N) is 1. The van der Waals surface area contributed by atoms with E-state index in [-0.39, 0.29) is 5.82 Å². The van der Waals surface area contributed by atoms with Gasteiger partial charge in [0.15, 0.2) is 5.82 Å². The van der Waals surface area contributed by atoms with Crippen LogP contribution < -0.4 is 5.32 Å². The molecule has 1 N–H and O–H groups in total. The minimum absolute atomic E-state index is 0.305. The number of hydrogen-bond donors (Lipinski definition) is 1. The zero-order valence-electron chi connectivity index (χ0n) is 11.5. The molecule has 20 heavy (non-hydrogen) atoms. The molecule has 0 saturated heterocycles. The van der Waals surface area contributed by atoms with Gasteiger partial charge in [-0.25, -0.2) is 14.4 Å². The highest BCUT2D eigenvalue weighted by molar-refractivity contribution is 9.10. The summed E-state index contributed by atoms with van der Waals surface area (Å²) in [6, 6.07) is 4.64. The van der Waals surface area contributed by atoms with E-state index in [9.17, 15) is 4.39 Å². The summed E-state index contributed by atoms with van der Waals surface area (Å²) < 4.78 is 14.0. The van der Waals surface area contributed by atoms with Crippen molar-refractivity contribution in [1.82, 2.24) is 15.3 Å². The number of hydrogen-bond acceptors (Lipinski definition) is 3. The van der Waals surface area contributed by atoms with Gasteiger partial charge in [-0.3, -0.25) is 0 Å². The zero-order chi connectivity index (χ0) is 14.5. The highest BCUT2D eigenvalue weighted by Crippen LogP contribution is 2.21. The minimum atomic E-state index is -0.305. The summed E-state index contributed by atoms with van der Waals surface area (Å²) in [4.78, 5) is 8.58. The Morgan fingerprint density at radius 3 is 2.50 bits per heavy atom. The molecule has 0 bridgehead atoms. The van der Waals surface area contributed by atoms with E-state index in [1.807, 2.05) is 0 Å². The van der Waals surface area contributed by atoms with Crippen LogP contribution in [0.25, 0.3) is 11.4 Å². The Morgan fingerprint density at radius 1 is 1.20 bits per heavy atom. The fourth-order valence-corrected chi connectivity index (χ4v) is 2.25. The smallest absolute Gasteiger partial charge is 0.159 e. The normalized spacial score (nSPS) is 11.1. The van der Waals surface area contributed by atoms with Crippen LogP contribution in [0.2, 0.25) is 0 Å². The van der Waals surface area contributed by atoms with Crippen LogP contribution in [-0.2, 0) is 6.54 Å². The number of benzene rings is 1. The van der Waals surface area contributed by atoms with E-state index >= 15 is 0 Å². The van der Waals surface area contributed by atoms with Crippen LogP contribution in [0.5, 0.6) is 0 Å². The second kappa shape index (κ2) is 6.90. The van der Waals surface area contributed by atoms with Gasteiger partial charge in [0.05, 0.1) is 0 Å². The van der Waals surface area contributed by atoms with Crippen LogP contribution >= 0.6 is 15.9 Å². The first-order chi connectivity index (χ1) is 9.54. The van der Waals surface area contributed by atoms with E-state index in [0.717, 1.165) is 18.7 Å². The number of nitrogens with zero attached hydrogens (tertiary/aromatic N) is 2. The maximum absolute atomic E-state index is 13.3. The number of rotatable bonds is 5. The van der Waals surface area contributed by atoms with Gasteiger partial charge in [0.2, 0.25) is 0 Å². The lowest BCUT2D eigenvalue weighted by Gasteiger charge is -2.07. The Labute approximate surface area is 126 Å². The number of halogens is 2. The molecule has 1 aromatic carbocycles. The Hall–Kier alpha value is -1.33. The Kier molecular flexibility index (Phi) is 5.20. The SMILES string of the molecule is CC(C)CNCc1cnc(-c2cc(F)cc(Br)c2)nc1. The fourth-order valence-electron chi connectivity index (χ4n) is 1.78. The van der Waals surface area contributed by atoms with Gasteiger partial charge < -0.3 is 5.32 Å². The van der Waals surface area contributed by atoms with Crippen molar-refractivity contribution in [2.45, 2.75) is 20.4 Å². The van der Waals surface area contributed by atoms with Gasteiger partial charge in [-0.05, 0) is 30.7 Å². The summed E-state index contributed by atoms with van der Waals surface area (Å²) in [6.45, 7) is 6.02. The molecule has 0 aliphatic heterocycles. The Balaban J connectivity index is 2.07. The number of aromatic nitrogens is 2. The van der Waals surface area contributed by atoms with Crippen molar-refractivity contribution >= 4 is 15.9 Å². The molecule has 106 valence electrons. The first kappa shape index (κ1) is 15.1. The first-order valence-corrected chi connectivity index (χ1v) is 7.32. The summed E-state index contributed by atoms with van der Waals surface area (Å²) in [5.74, 6) is 0.832. The molecule has 5 heteroatoms. The van der Waals surface area contributed by atoms with Crippen molar-refractivity contribution in [3.63, 3.8) is 0 Å². The van der Waals surface area contributed by atoms with Crippen LogP contribution in [0.15, 0.2) is 35.1 Å². The van der Waals surface area contributed by atoms with Crippen LogP contribution in [0.4, 0.5) is 4.39 Å². The van der Waals surface area contributed by atoms with Gasteiger partial charge in [0.25, 0.3) is 0 Å². The van der Waals surface area contributed by atoms with E-state index in [4.69, 9.17) is 0 Å². The van der Waals surface area contributed by atoms with E-state index < -0.39 is 0 Å². The van der Waals surface area contributed by atoms with Gasteiger partial charge in [-0.1, -0.05) is 29.8 Å². The molecule has 0 spiro atoms. The van der Waals surface area contributed by atoms with Crippen molar-refractivity contribution in [3.8, 4) is 11.4 Å². The van der Waals surface area contributed by atoms with Crippen molar-refractivity contribution in [2.75, 3.05) is 6.54 Å². The molecule has 0 unspecified atom stereocenters. The summed E-state index contributed by atoms with van der Waals surface area (Å²) in [5.41, 5.74) is 1.68. The summed E-state index contributed by atoms with van der Waals surface area (Å²) in [5, 5.41) is 3.33. The fraction of sp³-hybridized carbons (Fsp3) is 0.333. The quantitative estimate of drug-likeness (QED) is 0.901. The maximum atomic E-state index is 13.3. The van der Waals surface area contributed by atoms with Gasteiger partial charge in [-0.15, -0.1) is 0 Å². The van der Waals surface area contributed by atoms with Gasteiger partial charge in [0, 0.05) is 34.5 Å². The lowest BCUT2D eigenvalue weighted by atomic mass is 10.2. The average Bonchev–Trinajstić information content (AvgIpc) is 2.38. The molecule has 0 radical (unpaired) electrons. The van der Waals surface area contributed by atoms with Crippen molar-refractivity contribution < 1.29 is 4.39 Å². The average molecular weight is 338 g/mol. The second-order valence-electron chi connectivity index (χ2n) is 5.10. The molecule has 0 atom stereocenters. The predicted molar refractivity (Wildman–Crippen MR) is 81.7 cm³/mol. The predicted octanol–water partition coefficient (Wildman–Crippen LogP) is 3.79. The molecule has 0 fully saturated rings. The van der Waals surface area contributed by atoms with E-state index in [1.165, 1.54) is 12.1 Å². The molecule has 1 heterocycles. The Morgan fingerprint density at radius 2 is 1.90 bits per heavy atom.